The summed E-state index contributed by atoms with van der Waals surface area (Å²) >= 11 is 5.68. The van der Waals surface area contributed by atoms with E-state index in [1.165, 1.54) is 12.1 Å². The van der Waals surface area contributed by atoms with Gasteiger partial charge in [0.15, 0.2) is 0 Å². The molecule has 2 aromatic rings. The zero-order valence-corrected chi connectivity index (χ0v) is 15.5. The minimum atomic E-state index is -0.607. The van der Waals surface area contributed by atoms with E-state index in [0.29, 0.717) is 44.3 Å². The number of fused-ring (bicyclic) bond motifs is 2. The zero-order chi connectivity index (χ0) is 19.0. The van der Waals surface area contributed by atoms with Crippen molar-refractivity contribution < 1.29 is 18.7 Å². The molecule has 2 aliphatic rings. The van der Waals surface area contributed by atoms with Crippen LogP contribution in [0, 0.1) is 5.82 Å². The molecule has 0 unspecified atom stereocenters. The fourth-order valence-electron chi connectivity index (χ4n) is 3.94. The molecule has 4 nitrogen and oxygen atoms in total. The van der Waals surface area contributed by atoms with Crippen LogP contribution in [0.25, 0.3) is 0 Å². The Bertz CT molecular complexity index is 906. The Morgan fingerprint density at radius 3 is 2.67 bits per heavy atom. The molecule has 0 atom stereocenters. The molecule has 6 heteroatoms. The molecule has 2 aromatic carbocycles. The Kier molecular flexibility index (Phi) is 4.64. The van der Waals surface area contributed by atoms with E-state index in [1.54, 1.807) is 17.0 Å². The molecular weight excluding hydrogens is 369 g/mol. The lowest BCUT2D eigenvalue weighted by atomic mass is 9.83. The molecule has 0 N–H and O–H groups in total. The van der Waals surface area contributed by atoms with Crippen molar-refractivity contribution in [2.45, 2.75) is 31.3 Å². The topological polar surface area (TPSA) is 46.6 Å². The molecule has 27 heavy (non-hydrogen) atoms. The van der Waals surface area contributed by atoms with Crippen molar-refractivity contribution in [3.05, 3.63) is 70.0 Å². The normalized spacial score (nSPS) is 17.7. The molecule has 1 saturated heterocycles. The van der Waals surface area contributed by atoms with Crippen LogP contribution in [0.4, 0.5) is 4.39 Å². The Morgan fingerprint density at radius 1 is 1.19 bits per heavy atom. The van der Waals surface area contributed by atoms with Crippen molar-refractivity contribution in [2.24, 2.45) is 0 Å². The second-order valence-corrected chi connectivity index (χ2v) is 7.47. The highest BCUT2D eigenvalue weighted by atomic mass is 35.5. The summed E-state index contributed by atoms with van der Waals surface area (Å²) in [5.74, 6) is -0.726. The Hall–Kier alpha value is -2.40. The summed E-state index contributed by atoms with van der Waals surface area (Å²) in [4.78, 5) is 26.5. The van der Waals surface area contributed by atoms with Crippen molar-refractivity contribution in [2.75, 3.05) is 13.1 Å². The van der Waals surface area contributed by atoms with Gasteiger partial charge in [0.25, 0.3) is 0 Å². The summed E-state index contributed by atoms with van der Waals surface area (Å²) in [6.07, 6.45) is 1.96. The molecule has 1 fully saturated rings. The van der Waals surface area contributed by atoms with Crippen molar-refractivity contribution >= 4 is 23.5 Å². The Morgan fingerprint density at radius 2 is 1.93 bits per heavy atom. The molecular formula is C21H19ClFNO3. The number of aryl methyl sites for hydroxylation is 1. The second-order valence-electron chi connectivity index (χ2n) is 7.06. The molecule has 0 bridgehead atoms. The number of hydrogen-bond acceptors (Lipinski definition) is 3. The van der Waals surface area contributed by atoms with Gasteiger partial charge in [-0.2, -0.15) is 0 Å². The monoisotopic (exact) mass is 387 g/mol. The van der Waals surface area contributed by atoms with Crippen LogP contribution < -0.4 is 0 Å². The van der Waals surface area contributed by atoms with E-state index in [4.69, 9.17) is 16.3 Å². The van der Waals surface area contributed by atoms with Crippen LogP contribution in [-0.2, 0) is 21.6 Å². The van der Waals surface area contributed by atoms with E-state index in [1.807, 2.05) is 18.2 Å². The number of amides is 1. The number of nitrogens with zero attached hydrogens (tertiary/aromatic N) is 1. The highest BCUT2D eigenvalue weighted by Gasteiger charge is 2.47. The number of hydrogen-bond donors (Lipinski definition) is 0. The van der Waals surface area contributed by atoms with Crippen molar-refractivity contribution in [3.63, 3.8) is 0 Å². The lowest BCUT2D eigenvalue weighted by Gasteiger charge is -2.38. The Labute approximate surface area is 161 Å². The van der Waals surface area contributed by atoms with E-state index in [2.05, 4.69) is 0 Å². The third-order valence-corrected chi connectivity index (χ3v) is 5.77. The lowest BCUT2D eigenvalue weighted by Crippen LogP contribution is -2.45. The first-order valence-corrected chi connectivity index (χ1v) is 9.41. The van der Waals surface area contributed by atoms with Gasteiger partial charge < -0.3 is 9.64 Å². The highest BCUT2D eigenvalue weighted by molar-refractivity contribution is 6.30. The number of piperidine rings is 1. The van der Waals surface area contributed by atoms with Crippen LogP contribution >= 0.6 is 11.6 Å². The molecule has 1 spiro atoms. The van der Waals surface area contributed by atoms with Crippen LogP contribution in [0.15, 0.2) is 42.5 Å². The summed E-state index contributed by atoms with van der Waals surface area (Å²) in [5, 5.41) is 0.0813. The number of carbonyl (C=O) groups excluding carboxylic acids is 2. The standard InChI is InChI=1S/C21H19ClFNO3/c22-17-7-5-14(13-18(17)23)6-8-19(25)24-11-9-21(10-12-24)16-4-2-1-3-15(16)20(26)27-21/h1-5,7,13H,6,8-12H2. The Balaban J connectivity index is 1.37. The van der Waals surface area contributed by atoms with E-state index >= 15 is 0 Å². The molecule has 0 aliphatic carbocycles. The molecule has 140 valence electrons. The van der Waals surface area contributed by atoms with Gasteiger partial charge in [-0.15, -0.1) is 0 Å². The van der Waals surface area contributed by atoms with Crippen molar-refractivity contribution in [3.8, 4) is 0 Å². The van der Waals surface area contributed by atoms with Gasteiger partial charge in [0.2, 0.25) is 5.91 Å². The van der Waals surface area contributed by atoms with E-state index in [0.717, 1.165) is 11.1 Å². The van der Waals surface area contributed by atoms with Crippen LogP contribution in [0.3, 0.4) is 0 Å². The summed E-state index contributed by atoms with van der Waals surface area (Å²) < 4.78 is 19.2. The lowest BCUT2D eigenvalue weighted by molar-refractivity contribution is -0.135. The van der Waals surface area contributed by atoms with Crippen LogP contribution in [0.1, 0.15) is 40.7 Å². The number of ether oxygens (including phenoxy) is 1. The minimum Gasteiger partial charge on any atom is -0.450 e. The van der Waals surface area contributed by atoms with Gasteiger partial charge in [-0.05, 0) is 30.2 Å². The maximum Gasteiger partial charge on any atom is 0.339 e. The number of rotatable bonds is 3. The van der Waals surface area contributed by atoms with Crippen molar-refractivity contribution in [1.82, 2.24) is 4.90 Å². The van der Waals surface area contributed by atoms with E-state index in [-0.39, 0.29) is 16.9 Å². The third kappa shape index (κ3) is 3.32. The van der Waals surface area contributed by atoms with Crippen LogP contribution in [0.5, 0.6) is 0 Å². The first-order chi connectivity index (χ1) is 13.0. The fourth-order valence-corrected chi connectivity index (χ4v) is 4.06. The van der Waals surface area contributed by atoms with Crippen LogP contribution in [-0.4, -0.2) is 29.9 Å². The van der Waals surface area contributed by atoms with E-state index in [9.17, 15) is 14.0 Å². The predicted octanol–water partition coefficient (Wildman–Crippen LogP) is 4.10. The number of halogens is 2. The zero-order valence-electron chi connectivity index (χ0n) is 14.7. The summed E-state index contributed by atoms with van der Waals surface area (Å²) in [6, 6.07) is 12.1. The average Bonchev–Trinajstić information content (AvgIpc) is 2.95. The summed E-state index contributed by atoms with van der Waals surface area (Å²) in [6.45, 7) is 1.07. The maximum absolute atomic E-state index is 13.5. The van der Waals surface area contributed by atoms with Gasteiger partial charge >= 0.3 is 5.97 Å². The first kappa shape index (κ1) is 18.0. The molecule has 2 heterocycles. The highest BCUT2D eigenvalue weighted by Crippen LogP contribution is 2.44. The quantitative estimate of drug-likeness (QED) is 0.745. The minimum absolute atomic E-state index is 0.0258. The summed E-state index contributed by atoms with van der Waals surface area (Å²) in [7, 11) is 0. The second kappa shape index (κ2) is 6.97. The molecule has 1 amide bonds. The van der Waals surface area contributed by atoms with Gasteiger partial charge in [0.05, 0.1) is 10.6 Å². The maximum atomic E-state index is 13.5. The molecule has 2 aliphatic heterocycles. The van der Waals surface area contributed by atoms with Gasteiger partial charge in [0, 0.05) is 37.9 Å². The SMILES string of the molecule is O=C1OC2(CCN(C(=O)CCc3ccc(Cl)c(F)c3)CC2)c2ccccc21. The fraction of sp³-hybridized carbons (Fsp3) is 0.333. The molecule has 0 saturated carbocycles. The largest absolute Gasteiger partial charge is 0.450 e. The van der Waals surface area contributed by atoms with Gasteiger partial charge in [-0.3, -0.25) is 4.79 Å². The average molecular weight is 388 g/mol. The van der Waals surface area contributed by atoms with Crippen LogP contribution in [0.2, 0.25) is 5.02 Å². The smallest absolute Gasteiger partial charge is 0.339 e. The third-order valence-electron chi connectivity index (χ3n) is 5.46. The van der Waals surface area contributed by atoms with Crippen molar-refractivity contribution in [1.29, 1.82) is 0 Å². The molecule has 0 radical (unpaired) electrons. The molecule has 4 rings (SSSR count). The van der Waals surface area contributed by atoms with Gasteiger partial charge in [-0.25, -0.2) is 9.18 Å². The van der Waals surface area contributed by atoms with Gasteiger partial charge in [0.1, 0.15) is 11.4 Å². The number of esters is 1. The van der Waals surface area contributed by atoms with Gasteiger partial charge in [-0.1, -0.05) is 35.9 Å². The summed E-state index contributed by atoms with van der Waals surface area (Å²) in [5.41, 5.74) is 1.70. The predicted molar refractivity (Wildman–Crippen MR) is 99.1 cm³/mol. The first-order valence-electron chi connectivity index (χ1n) is 9.03. The van der Waals surface area contributed by atoms with E-state index < -0.39 is 11.4 Å². The molecule has 0 aromatic heterocycles. The number of likely N-dealkylation sites (tertiary alicyclic amines) is 1. The number of carbonyl (C=O) groups is 2. The number of benzene rings is 2.